The Hall–Kier alpha value is -2.36. The summed E-state index contributed by atoms with van der Waals surface area (Å²) in [5.41, 5.74) is 1.52. The average molecular weight is 245 g/mol. The van der Waals surface area contributed by atoms with Gasteiger partial charge in [0.05, 0.1) is 7.11 Å². The second kappa shape index (κ2) is 5.31. The Balaban J connectivity index is 2.10. The Morgan fingerprint density at radius 3 is 2.67 bits per heavy atom. The lowest BCUT2D eigenvalue weighted by Gasteiger charge is -2.10. The Morgan fingerprint density at radius 2 is 1.94 bits per heavy atom. The molecule has 0 heterocycles. The number of benzene rings is 2. The van der Waals surface area contributed by atoms with Crippen molar-refractivity contribution in [2.75, 3.05) is 12.4 Å². The molecule has 0 fully saturated rings. The number of hydrogen-bond donors (Lipinski definition) is 3. The van der Waals surface area contributed by atoms with E-state index in [1.165, 1.54) is 0 Å². The molecule has 4 nitrogen and oxygen atoms in total. The fourth-order valence-electron chi connectivity index (χ4n) is 1.64. The Labute approximate surface area is 105 Å². The highest BCUT2D eigenvalue weighted by atomic mass is 16.5. The smallest absolute Gasteiger partial charge is 0.120 e. The highest BCUT2D eigenvalue weighted by Crippen LogP contribution is 2.24. The summed E-state index contributed by atoms with van der Waals surface area (Å²) < 4.78 is 5.10. The second-order valence-electron chi connectivity index (χ2n) is 3.90. The van der Waals surface area contributed by atoms with Gasteiger partial charge in [-0.1, -0.05) is 6.07 Å². The molecule has 18 heavy (non-hydrogen) atoms. The van der Waals surface area contributed by atoms with Crippen molar-refractivity contribution in [1.82, 2.24) is 0 Å². The van der Waals surface area contributed by atoms with Gasteiger partial charge in [0.1, 0.15) is 17.2 Å². The van der Waals surface area contributed by atoms with Gasteiger partial charge < -0.3 is 20.3 Å². The number of ether oxygens (including phenoxy) is 1. The summed E-state index contributed by atoms with van der Waals surface area (Å²) in [6.07, 6.45) is 0. The van der Waals surface area contributed by atoms with E-state index in [1.807, 2.05) is 6.07 Å². The molecule has 3 N–H and O–H groups in total. The fourth-order valence-corrected chi connectivity index (χ4v) is 1.64. The molecule has 0 saturated carbocycles. The van der Waals surface area contributed by atoms with E-state index in [0.29, 0.717) is 12.3 Å². The third-order valence-corrected chi connectivity index (χ3v) is 2.62. The number of phenolic OH excluding ortho intramolecular Hbond substituents is 2. The van der Waals surface area contributed by atoms with Gasteiger partial charge in [0.25, 0.3) is 0 Å². The summed E-state index contributed by atoms with van der Waals surface area (Å²) in [6, 6.07) is 11.9. The van der Waals surface area contributed by atoms with Gasteiger partial charge in [0.2, 0.25) is 0 Å². The standard InChI is InChI=1S/C14H15NO3/c1-18-13-5-6-14(17)10(7-13)9-15-11-3-2-4-12(16)8-11/h2-8,15-17H,9H2,1H3. The molecule has 0 bridgehead atoms. The lowest BCUT2D eigenvalue weighted by Crippen LogP contribution is -2.00. The van der Waals surface area contributed by atoms with Crippen LogP contribution >= 0.6 is 0 Å². The predicted octanol–water partition coefficient (Wildman–Crippen LogP) is 2.72. The van der Waals surface area contributed by atoms with Crippen molar-refractivity contribution < 1.29 is 14.9 Å². The van der Waals surface area contributed by atoms with Crippen molar-refractivity contribution in [2.24, 2.45) is 0 Å². The van der Waals surface area contributed by atoms with Crippen LogP contribution in [0.4, 0.5) is 5.69 Å². The molecule has 0 atom stereocenters. The predicted molar refractivity (Wildman–Crippen MR) is 70.1 cm³/mol. The number of aromatic hydroxyl groups is 2. The van der Waals surface area contributed by atoms with Crippen LogP contribution in [0.2, 0.25) is 0 Å². The molecule has 0 aromatic heterocycles. The highest BCUT2D eigenvalue weighted by molar-refractivity contribution is 5.49. The maximum absolute atomic E-state index is 9.72. The van der Waals surface area contributed by atoms with Crippen molar-refractivity contribution in [3.8, 4) is 17.2 Å². The van der Waals surface area contributed by atoms with E-state index in [0.717, 1.165) is 11.3 Å². The molecule has 2 aromatic rings. The first-order chi connectivity index (χ1) is 8.69. The third kappa shape index (κ3) is 2.85. The SMILES string of the molecule is COc1ccc(O)c(CNc2cccc(O)c2)c1. The van der Waals surface area contributed by atoms with Gasteiger partial charge in [-0.3, -0.25) is 0 Å². The Kier molecular flexibility index (Phi) is 3.57. The van der Waals surface area contributed by atoms with Crippen LogP contribution in [0.25, 0.3) is 0 Å². The number of methoxy groups -OCH3 is 1. The first kappa shape index (κ1) is 12.1. The normalized spacial score (nSPS) is 10.1. The van der Waals surface area contributed by atoms with Gasteiger partial charge in [-0.05, 0) is 30.3 Å². The molecule has 2 aromatic carbocycles. The molecule has 0 saturated heterocycles. The maximum atomic E-state index is 9.72. The van der Waals surface area contributed by atoms with Gasteiger partial charge in [0.15, 0.2) is 0 Å². The summed E-state index contributed by atoms with van der Waals surface area (Å²) in [6.45, 7) is 0.451. The maximum Gasteiger partial charge on any atom is 0.120 e. The lowest BCUT2D eigenvalue weighted by atomic mass is 10.2. The number of rotatable bonds is 4. The lowest BCUT2D eigenvalue weighted by molar-refractivity contribution is 0.411. The number of hydrogen-bond acceptors (Lipinski definition) is 4. The van der Waals surface area contributed by atoms with E-state index in [9.17, 15) is 10.2 Å². The Bertz CT molecular complexity index is 540. The van der Waals surface area contributed by atoms with Gasteiger partial charge in [0, 0.05) is 23.9 Å². The number of phenols is 2. The highest BCUT2D eigenvalue weighted by Gasteiger charge is 2.03. The summed E-state index contributed by atoms with van der Waals surface area (Å²) in [4.78, 5) is 0. The summed E-state index contributed by atoms with van der Waals surface area (Å²) in [7, 11) is 1.58. The number of nitrogens with one attached hydrogen (secondary N) is 1. The van der Waals surface area contributed by atoms with Crippen molar-refractivity contribution in [3.05, 3.63) is 48.0 Å². The molecule has 0 aliphatic rings. The molecule has 0 aliphatic carbocycles. The van der Waals surface area contributed by atoms with Gasteiger partial charge in [-0.25, -0.2) is 0 Å². The number of anilines is 1. The largest absolute Gasteiger partial charge is 0.508 e. The minimum absolute atomic E-state index is 0.204. The van der Waals surface area contributed by atoms with E-state index in [4.69, 9.17) is 4.74 Å². The third-order valence-electron chi connectivity index (χ3n) is 2.62. The van der Waals surface area contributed by atoms with Crippen LogP contribution in [0.1, 0.15) is 5.56 Å². The zero-order valence-electron chi connectivity index (χ0n) is 10.1. The van der Waals surface area contributed by atoms with E-state index in [2.05, 4.69) is 5.32 Å². The molecular formula is C14H15NO3. The molecule has 2 rings (SSSR count). The minimum Gasteiger partial charge on any atom is -0.508 e. The molecule has 94 valence electrons. The molecule has 0 aliphatic heterocycles. The van der Waals surface area contributed by atoms with Crippen molar-refractivity contribution in [2.45, 2.75) is 6.54 Å². The van der Waals surface area contributed by atoms with Crippen LogP contribution in [-0.2, 0) is 6.54 Å². The van der Waals surface area contributed by atoms with Crippen LogP contribution in [0.5, 0.6) is 17.2 Å². The van der Waals surface area contributed by atoms with Crippen molar-refractivity contribution in [3.63, 3.8) is 0 Å². The van der Waals surface area contributed by atoms with Crippen LogP contribution in [0.3, 0.4) is 0 Å². The fraction of sp³-hybridized carbons (Fsp3) is 0.143. The van der Waals surface area contributed by atoms with Crippen molar-refractivity contribution >= 4 is 5.69 Å². The van der Waals surface area contributed by atoms with E-state index >= 15 is 0 Å². The van der Waals surface area contributed by atoms with E-state index in [1.54, 1.807) is 43.5 Å². The molecule has 4 heteroatoms. The van der Waals surface area contributed by atoms with Crippen LogP contribution in [-0.4, -0.2) is 17.3 Å². The first-order valence-electron chi connectivity index (χ1n) is 5.58. The molecular weight excluding hydrogens is 230 g/mol. The zero-order chi connectivity index (χ0) is 13.0. The van der Waals surface area contributed by atoms with Gasteiger partial charge in [-0.2, -0.15) is 0 Å². The van der Waals surface area contributed by atoms with Crippen LogP contribution in [0.15, 0.2) is 42.5 Å². The van der Waals surface area contributed by atoms with Crippen molar-refractivity contribution in [1.29, 1.82) is 0 Å². The summed E-state index contributed by atoms with van der Waals surface area (Å²) in [5.74, 6) is 1.11. The quantitative estimate of drug-likeness (QED) is 0.775. The van der Waals surface area contributed by atoms with Gasteiger partial charge in [-0.15, -0.1) is 0 Å². The van der Waals surface area contributed by atoms with Crippen LogP contribution < -0.4 is 10.1 Å². The second-order valence-corrected chi connectivity index (χ2v) is 3.90. The topological polar surface area (TPSA) is 61.7 Å². The average Bonchev–Trinajstić information content (AvgIpc) is 2.38. The monoisotopic (exact) mass is 245 g/mol. The first-order valence-corrected chi connectivity index (χ1v) is 5.58. The minimum atomic E-state index is 0.204. The van der Waals surface area contributed by atoms with Crippen LogP contribution in [0, 0.1) is 0 Å². The summed E-state index contributed by atoms with van der Waals surface area (Å²) >= 11 is 0. The zero-order valence-corrected chi connectivity index (χ0v) is 10.1. The van der Waals surface area contributed by atoms with Gasteiger partial charge >= 0.3 is 0 Å². The van der Waals surface area contributed by atoms with E-state index < -0.39 is 0 Å². The molecule has 0 spiro atoms. The molecule has 0 amide bonds. The molecule has 0 unspecified atom stereocenters. The summed E-state index contributed by atoms with van der Waals surface area (Å²) in [5, 5.41) is 22.2. The Morgan fingerprint density at radius 1 is 1.11 bits per heavy atom. The van der Waals surface area contributed by atoms with E-state index in [-0.39, 0.29) is 11.5 Å². The molecule has 0 radical (unpaired) electrons.